The summed E-state index contributed by atoms with van der Waals surface area (Å²) in [6, 6.07) is 0. The van der Waals surface area contributed by atoms with E-state index in [9.17, 15) is 5.21 Å². The molecule has 0 amide bonds. The van der Waals surface area contributed by atoms with Crippen molar-refractivity contribution in [2.24, 2.45) is 5.92 Å². The number of rotatable bonds is 4. The first kappa shape index (κ1) is 7.92. The highest BCUT2D eigenvalue weighted by Gasteiger charge is 2.01. The molecule has 0 saturated carbocycles. The zero-order chi connectivity index (χ0) is 6.41. The fourth-order valence-corrected chi connectivity index (χ4v) is 0.652. The summed E-state index contributed by atoms with van der Waals surface area (Å²) in [5, 5.41) is 9.68. The maximum Gasteiger partial charge on any atom is 0.0487 e. The minimum atomic E-state index is 0.493. The first-order valence-corrected chi connectivity index (χ1v) is 3.14. The number of nitrogens with zero attached hydrogens (tertiary/aromatic N) is 1. The van der Waals surface area contributed by atoms with E-state index in [1.807, 2.05) is 0 Å². The summed E-state index contributed by atoms with van der Waals surface area (Å²) in [6.07, 6.45) is 2.14. The molecule has 0 aromatic carbocycles. The summed E-state index contributed by atoms with van der Waals surface area (Å²) in [4.78, 5) is 0. The fourth-order valence-electron chi connectivity index (χ4n) is 0.652. The lowest BCUT2D eigenvalue weighted by atomic mass is 10.0. The lowest BCUT2D eigenvalue weighted by molar-refractivity contribution is 0.0532. The Balaban J connectivity index is 3.07. The summed E-state index contributed by atoms with van der Waals surface area (Å²) in [7, 11) is 0. The molecule has 0 spiro atoms. The third kappa shape index (κ3) is 2.99. The Morgan fingerprint density at radius 1 is 1.38 bits per heavy atom. The SMILES string of the molecule is CCC(CC)C[N][O]. The maximum absolute atomic E-state index is 9.68. The molecule has 0 atom stereocenters. The molecule has 0 aliphatic heterocycles. The molecule has 0 unspecified atom stereocenters. The predicted octanol–water partition coefficient (Wildman–Crippen LogP) is 1.37. The molecule has 0 aromatic heterocycles. The highest BCUT2D eigenvalue weighted by molar-refractivity contribution is 4.52. The highest BCUT2D eigenvalue weighted by atomic mass is 16.5. The molecule has 0 rings (SSSR count). The van der Waals surface area contributed by atoms with Gasteiger partial charge in [0.25, 0.3) is 0 Å². The van der Waals surface area contributed by atoms with E-state index in [0.29, 0.717) is 12.5 Å². The third-order valence-corrected chi connectivity index (χ3v) is 1.49. The molecule has 0 aromatic rings. The van der Waals surface area contributed by atoms with Crippen molar-refractivity contribution in [3.63, 3.8) is 0 Å². The van der Waals surface area contributed by atoms with Gasteiger partial charge in [0, 0.05) is 6.54 Å². The van der Waals surface area contributed by atoms with E-state index in [2.05, 4.69) is 19.3 Å². The fraction of sp³-hybridized carbons (Fsp3) is 1.00. The van der Waals surface area contributed by atoms with Crippen molar-refractivity contribution in [3.8, 4) is 0 Å². The molecule has 2 nitrogen and oxygen atoms in total. The molecular formula is C6H13NO. The van der Waals surface area contributed by atoms with Crippen molar-refractivity contribution >= 4 is 0 Å². The van der Waals surface area contributed by atoms with Gasteiger partial charge in [-0.1, -0.05) is 32.2 Å². The summed E-state index contributed by atoms with van der Waals surface area (Å²) < 4.78 is 0. The molecule has 0 saturated heterocycles. The smallest absolute Gasteiger partial charge is 0.0487 e. The maximum atomic E-state index is 9.68. The Morgan fingerprint density at radius 2 is 1.88 bits per heavy atom. The molecule has 2 heteroatoms. The first-order valence-electron chi connectivity index (χ1n) is 3.14. The Kier molecular flexibility index (Phi) is 5.01. The van der Waals surface area contributed by atoms with Gasteiger partial charge < -0.3 is 0 Å². The summed E-state index contributed by atoms with van der Waals surface area (Å²) in [6.45, 7) is 4.66. The number of hydrogen-bond acceptors (Lipinski definition) is 0. The van der Waals surface area contributed by atoms with Crippen molar-refractivity contribution in [2.75, 3.05) is 6.54 Å². The van der Waals surface area contributed by atoms with Crippen molar-refractivity contribution in [1.82, 2.24) is 5.48 Å². The molecule has 0 aliphatic carbocycles. The van der Waals surface area contributed by atoms with Crippen LogP contribution in [0.15, 0.2) is 0 Å². The molecule has 48 valence electrons. The second kappa shape index (κ2) is 5.06. The summed E-state index contributed by atoms with van der Waals surface area (Å²) in [5.74, 6) is 0.521. The zero-order valence-corrected chi connectivity index (χ0v) is 5.55. The molecule has 0 N–H and O–H groups in total. The lowest BCUT2D eigenvalue weighted by Crippen LogP contribution is -2.10. The Morgan fingerprint density at radius 3 is 2.00 bits per heavy atom. The number of hydrogen-bond donors (Lipinski definition) is 0. The van der Waals surface area contributed by atoms with E-state index in [1.54, 1.807) is 0 Å². The van der Waals surface area contributed by atoms with Gasteiger partial charge in [0.1, 0.15) is 0 Å². The molecule has 0 fully saturated rings. The van der Waals surface area contributed by atoms with Gasteiger partial charge in [0.2, 0.25) is 0 Å². The van der Waals surface area contributed by atoms with Crippen molar-refractivity contribution in [3.05, 3.63) is 0 Å². The third-order valence-electron chi connectivity index (χ3n) is 1.49. The van der Waals surface area contributed by atoms with Crippen molar-refractivity contribution in [2.45, 2.75) is 26.7 Å². The average Bonchev–Trinajstić information content (AvgIpc) is 1.83. The Bertz CT molecular complexity index is 43.8. The Hall–Kier alpha value is -0.0800. The van der Waals surface area contributed by atoms with Crippen LogP contribution in [0.1, 0.15) is 26.7 Å². The van der Waals surface area contributed by atoms with Crippen LogP contribution in [0, 0.1) is 5.92 Å². The zero-order valence-electron chi connectivity index (χ0n) is 5.55. The van der Waals surface area contributed by atoms with Gasteiger partial charge in [0.05, 0.1) is 0 Å². The van der Waals surface area contributed by atoms with E-state index in [4.69, 9.17) is 0 Å². The molecular weight excluding hydrogens is 102 g/mol. The van der Waals surface area contributed by atoms with Crippen LogP contribution in [-0.2, 0) is 5.21 Å². The topological polar surface area (TPSA) is 34.0 Å². The first-order chi connectivity index (χ1) is 3.85. The van der Waals surface area contributed by atoms with E-state index in [0.717, 1.165) is 12.8 Å². The van der Waals surface area contributed by atoms with E-state index < -0.39 is 0 Å². The van der Waals surface area contributed by atoms with Crippen LogP contribution in [-0.4, -0.2) is 6.54 Å². The second-order valence-electron chi connectivity index (χ2n) is 1.99. The molecule has 8 heavy (non-hydrogen) atoms. The van der Waals surface area contributed by atoms with Gasteiger partial charge >= 0.3 is 0 Å². The van der Waals surface area contributed by atoms with Crippen LogP contribution < -0.4 is 5.48 Å². The molecule has 0 heterocycles. The molecule has 0 aliphatic rings. The van der Waals surface area contributed by atoms with Gasteiger partial charge in [-0.3, -0.25) is 0 Å². The van der Waals surface area contributed by atoms with Crippen LogP contribution in [0.5, 0.6) is 0 Å². The van der Waals surface area contributed by atoms with E-state index in [1.165, 1.54) is 0 Å². The summed E-state index contributed by atoms with van der Waals surface area (Å²) in [5.41, 5.74) is 2.83. The quantitative estimate of drug-likeness (QED) is 0.496. The standard InChI is InChI=1S/C6H13NO/c1-3-6(4-2)5-7-8/h6H,3-5H2,1-2H3. The van der Waals surface area contributed by atoms with Crippen LogP contribution in [0.25, 0.3) is 0 Å². The second-order valence-corrected chi connectivity index (χ2v) is 1.99. The summed E-state index contributed by atoms with van der Waals surface area (Å²) >= 11 is 0. The minimum absolute atomic E-state index is 0.493. The van der Waals surface area contributed by atoms with Crippen LogP contribution in [0.2, 0.25) is 0 Å². The van der Waals surface area contributed by atoms with Gasteiger partial charge in [-0.2, -0.15) is 0 Å². The van der Waals surface area contributed by atoms with Gasteiger partial charge in [0.15, 0.2) is 0 Å². The van der Waals surface area contributed by atoms with E-state index >= 15 is 0 Å². The van der Waals surface area contributed by atoms with Crippen LogP contribution in [0.4, 0.5) is 0 Å². The monoisotopic (exact) mass is 115 g/mol. The largest absolute Gasteiger partial charge is 0.102 e. The van der Waals surface area contributed by atoms with Crippen LogP contribution in [0.3, 0.4) is 0 Å². The highest BCUT2D eigenvalue weighted by Crippen LogP contribution is 2.04. The number of hydroxylamine groups is 1. The van der Waals surface area contributed by atoms with Crippen LogP contribution >= 0.6 is 0 Å². The van der Waals surface area contributed by atoms with Gasteiger partial charge in [-0.05, 0) is 5.92 Å². The van der Waals surface area contributed by atoms with Crippen molar-refractivity contribution < 1.29 is 5.21 Å². The Labute approximate surface area is 50.9 Å². The minimum Gasteiger partial charge on any atom is -0.102 e. The molecule has 2 radical (unpaired) electrons. The van der Waals surface area contributed by atoms with Gasteiger partial charge in [-0.15, -0.1) is 5.21 Å². The average molecular weight is 115 g/mol. The normalized spacial score (nSPS) is 10.5. The lowest BCUT2D eigenvalue weighted by Gasteiger charge is -2.05. The van der Waals surface area contributed by atoms with Crippen molar-refractivity contribution in [1.29, 1.82) is 0 Å². The van der Waals surface area contributed by atoms with Gasteiger partial charge in [-0.25, -0.2) is 0 Å². The predicted molar refractivity (Wildman–Crippen MR) is 31.8 cm³/mol. The van der Waals surface area contributed by atoms with E-state index in [-0.39, 0.29) is 0 Å². The molecule has 0 bridgehead atoms.